The monoisotopic (exact) mass is 357 g/mol. The minimum Gasteiger partial charge on any atom is -0.497 e. The van der Waals surface area contributed by atoms with Crippen LogP contribution in [-0.2, 0) is 0 Å². The third-order valence-corrected chi connectivity index (χ3v) is 3.95. The SMILES string of the molecule is COc1ccc([C@H](NC(=O)c2ccnn2C(F)F)c2ccccc2)cc1. The van der Waals surface area contributed by atoms with E-state index in [9.17, 15) is 13.6 Å². The van der Waals surface area contributed by atoms with Crippen molar-refractivity contribution in [1.29, 1.82) is 0 Å². The Morgan fingerprint density at radius 2 is 1.69 bits per heavy atom. The van der Waals surface area contributed by atoms with Gasteiger partial charge in [0.1, 0.15) is 11.4 Å². The highest BCUT2D eigenvalue weighted by molar-refractivity contribution is 5.93. The Bertz CT molecular complexity index is 864. The smallest absolute Gasteiger partial charge is 0.333 e. The van der Waals surface area contributed by atoms with E-state index in [2.05, 4.69) is 10.4 Å². The van der Waals surface area contributed by atoms with Crippen LogP contribution >= 0.6 is 0 Å². The summed E-state index contributed by atoms with van der Waals surface area (Å²) in [6, 6.07) is 17.2. The molecule has 134 valence electrons. The summed E-state index contributed by atoms with van der Waals surface area (Å²) < 4.78 is 31.5. The van der Waals surface area contributed by atoms with Gasteiger partial charge in [0, 0.05) is 6.20 Å². The molecule has 1 amide bonds. The fourth-order valence-corrected chi connectivity index (χ4v) is 2.66. The number of benzene rings is 2. The van der Waals surface area contributed by atoms with Gasteiger partial charge in [0.15, 0.2) is 0 Å². The van der Waals surface area contributed by atoms with E-state index in [1.165, 1.54) is 12.3 Å². The fourth-order valence-electron chi connectivity index (χ4n) is 2.66. The minimum atomic E-state index is -2.89. The second-order valence-electron chi connectivity index (χ2n) is 5.53. The molecule has 5 nitrogen and oxygen atoms in total. The van der Waals surface area contributed by atoms with Crippen molar-refractivity contribution in [3.8, 4) is 5.75 Å². The van der Waals surface area contributed by atoms with Crippen LogP contribution in [0.1, 0.15) is 34.2 Å². The molecule has 7 heteroatoms. The first-order valence-electron chi connectivity index (χ1n) is 7.91. The van der Waals surface area contributed by atoms with Crippen molar-refractivity contribution in [2.24, 2.45) is 0 Å². The number of carbonyl (C=O) groups excluding carboxylic acids is 1. The number of halogens is 2. The molecule has 3 aromatic rings. The summed E-state index contributed by atoms with van der Waals surface area (Å²) in [5.41, 5.74) is 1.43. The summed E-state index contributed by atoms with van der Waals surface area (Å²) in [6.45, 7) is -2.89. The highest BCUT2D eigenvalue weighted by atomic mass is 19.3. The van der Waals surface area contributed by atoms with Crippen LogP contribution in [0.25, 0.3) is 0 Å². The molecular formula is C19H17F2N3O2. The van der Waals surface area contributed by atoms with Gasteiger partial charge in [-0.25, -0.2) is 0 Å². The average molecular weight is 357 g/mol. The highest BCUT2D eigenvalue weighted by Crippen LogP contribution is 2.25. The summed E-state index contributed by atoms with van der Waals surface area (Å²) in [5.74, 6) is 0.0511. The molecule has 0 aliphatic rings. The summed E-state index contributed by atoms with van der Waals surface area (Å²) in [4.78, 5) is 12.6. The van der Waals surface area contributed by atoms with E-state index >= 15 is 0 Å². The van der Waals surface area contributed by atoms with Crippen molar-refractivity contribution in [1.82, 2.24) is 15.1 Å². The molecular weight excluding hydrogens is 340 g/mol. The summed E-state index contributed by atoms with van der Waals surface area (Å²) in [6.07, 6.45) is 1.17. The van der Waals surface area contributed by atoms with Crippen LogP contribution in [0.2, 0.25) is 0 Å². The third kappa shape index (κ3) is 3.72. The lowest BCUT2D eigenvalue weighted by Crippen LogP contribution is -2.31. The maximum Gasteiger partial charge on any atom is 0.333 e. The van der Waals surface area contributed by atoms with Gasteiger partial charge in [-0.05, 0) is 29.3 Å². The molecule has 1 aromatic heterocycles. The molecule has 0 spiro atoms. The van der Waals surface area contributed by atoms with E-state index in [-0.39, 0.29) is 5.69 Å². The van der Waals surface area contributed by atoms with Crippen molar-refractivity contribution in [3.63, 3.8) is 0 Å². The van der Waals surface area contributed by atoms with E-state index in [4.69, 9.17) is 4.74 Å². The largest absolute Gasteiger partial charge is 0.497 e. The summed E-state index contributed by atoms with van der Waals surface area (Å²) in [7, 11) is 1.57. The highest BCUT2D eigenvalue weighted by Gasteiger charge is 2.22. The summed E-state index contributed by atoms with van der Waals surface area (Å²) in [5, 5.41) is 6.31. The molecule has 1 heterocycles. The van der Waals surface area contributed by atoms with Crippen LogP contribution in [0, 0.1) is 0 Å². The first-order chi connectivity index (χ1) is 12.6. The Kier molecular flexibility index (Phi) is 5.26. The predicted octanol–water partition coefficient (Wildman–Crippen LogP) is 3.81. The Labute approximate surface area is 149 Å². The van der Waals surface area contributed by atoms with Gasteiger partial charge in [-0.15, -0.1) is 0 Å². The number of carbonyl (C=O) groups is 1. The maximum atomic E-state index is 13.0. The third-order valence-electron chi connectivity index (χ3n) is 3.95. The van der Waals surface area contributed by atoms with Crippen molar-refractivity contribution in [2.45, 2.75) is 12.6 Å². The molecule has 3 rings (SSSR count). The fraction of sp³-hybridized carbons (Fsp3) is 0.158. The molecule has 0 aliphatic carbocycles. The molecule has 1 N–H and O–H groups in total. The first kappa shape index (κ1) is 17.6. The zero-order chi connectivity index (χ0) is 18.5. The molecule has 0 aliphatic heterocycles. The number of hydrogen-bond donors (Lipinski definition) is 1. The number of methoxy groups -OCH3 is 1. The molecule has 0 saturated carbocycles. The lowest BCUT2D eigenvalue weighted by atomic mass is 9.98. The lowest BCUT2D eigenvalue weighted by molar-refractivity contribution is 0.0508. The van der Waals surface area contributed by atoms with Crippen LogP contribution in [0.3, 0.4) is 0 Å². The van der Waals surface area contributed by atoms with E-state index in [0.29, 0.717) is 10.4 Å². The zero-order valence-electron chi connectivity index (χ0n) is 14.0. The van der Waals surface area contributed by atoms with Gasteiger partial charge in [-0.1, -0.05) is 42.5 Å². The number of alkyl halides is 2. The number of rotatable bonds is 6. The van der Waals surface area contributed by atoms with Crippen LogP contribution in [0.15, 0.2) is 66.9 Å². The number of ether oxygens (including phenoxy) is 1. The number of aromatic nitrogens is 2. The molecule has 0 fully saturated rings. The molecule has 2 aromatic carbocycles. The Morgan fingerprint density at radius 3 is 2.31 bits per heavy atom. The second-order valence-corrected chi connectivity index (χ2v) is 5.53. The number of nitrogens with one attached hydrogen (secondary N) is 1. The van der Waals surface area contributed by atoms with E-state index in [1.54, 1.807) is 19.2 Å². The van der Waals surface area contributed by atoms with Crippen molar-refractivity contribution >= 4 is 5.91 Å². The van der Waals surface area contributed by atoms with Gasteiger partial charge in [-0.3, -0.25) is 4.79 Å². The molecule has 0 radical (unpaired) electrons. The molecule has 0 unspecified atom stereocenters. The van der Waals surface area contributed by atoms with Crippen molar-refractivity contribution in [3.05, 3.63) is 83.7 Å². The van der Waals surface area contributed by atoms with Gasteiger partial charge < -0.3 is 10.1 Å². The summed E-state index contributed by atoms with van der Waals surface area (Å²) >= 11 is 0. The van der Waals surface area contributed by atoms with E-state index in [1.807, 2.05) is 42.5 Å². The second kappa shape index (κ2) is 7.77. The topological polar surface area (TPSA) is 56.1 Å². The van der Waals surface area contributed by atoms with E-state index in [0.717, 1.165) is 11.1 Å². The van der Waals surface area contributed by atoms with E-state index < -0.39 is 18.5 Å². The van der Waals surface area contributed by atoms with Gasteiger partial charge in [-0.2, -0.15) is 18.6 Å². The van der Waals surface area contributed by atoms with Crippen molar-refractivity contribution in [2.75, 3.05) is 7.11 Å². The minimum absolute atomic E-state index is 0.200. The van der Waals surface area contributed by atoms with Crippen LogP contribution in [0.5, 0.6) is 5.75 Å². The Hall–Kier alpha value is -3.22. The van der Waals surface area contributed by atoms with Crippen LogP contribution < -0.4 is 10.1 Å². The molecule has 1 atom stereocenters. The van der Waals surface area contributed by atoms with Crippen LogP contribution in [0.4, 0.5) is 8.78 Å². The Morgan fingerprint density at radius 1 is 1.04 bits per heavy atom. The predicted molar refractivity (Wildman–Crippen MR) is 92.2 cm³/mol. The van der Waals surface area contributed by atoms with Crippen molar-refractivity contribution < 1.29 is 18.3 Å². The zero-order valence-corrected chi connectivity index (χ0v) is 14.0. The van der Waals surface area contributed by atoms with Gasteiger partial charge in [0.2, 0.25) is 0 Å². The molecule has 26 heavy (non-hydrogen) atoms. The van der Waals surface area contributed by atoms with Gasteiger partial charge in [0.25, 0.3) is 5.91 Å². The van der Waals surface area contributed by atoms with Gasteiger partial charge >= 0.3 is 6.55 Å². The standard InChI is InChI=1S/C19H17F2N3O2/c1-26-15-9-7-14(8-10-15)17(13-5-3-2-4-6-13)23-18(25)16-11-12-22-24(16)19(20)21/h2-12,17,19H,1H3,(H,23,25)/t17-/m1/s1. The number of hydrogen-bond acceptors (Lipinski definition) is 3. The molecule has 0 bridgehead atoms. The number of nitrogens with zero attached hydrogens (tertiary/aromatic N) is 2. The maximum absolute atomic E-state index is 13.0. The average Bonchev–Trinajstić information content (AvgIpc) is 3.17. The number of amides is 1. The first-order valence-corrected chi connectivity index (χ1v) is 7.91. The lowest BCUT2D eigenvalue weighted by Gasteiger charge is -2.20. The quantitative estimate of drug-likeness (QED) is 0.730. The normalized spacial score (nSPS) is 12.0. The Balaban J connectivity index is 1.93. The van der Waals surface area contributed by atoms with Gasteiger partial charge in [0.05, 0.1) is 13.2 Å². The molecule has 0 saturated heterocycles. The van der Waals surface area contributed by atoms with Crippen LogP contribution in [-0.4, -0.2) is 22.8 Å².